The van der Waals surface area contributed by atoms with Gasteiger partial charge in [-0.3, -0.25) is 4.79 Å². The Balaban J connectivity index is 1.44. The molecule has 0 saturated carbocycles. The van der Waals surface area contributed by atoms with E-state index < -0.39 is 0 Å². The van der Waals surface area contributed by atoms with Gasteiger partial charge < -0.3 is 9.80 Å². The van der Waals surface area contributed by atoms with Crippen molar-refractivity contribution in [1.82, 2.24) is 14.8 Å². The molecule has 2 heterocycles. The van der Waals surface area contributed by atoms with Crippen LogP contribution in [0.1, 0.15) is 38.8 Å². The fourth-order valence-electron chi connectivity index (χ4n) is 3.75. The maximum atomic E-state index is 13.7. The molecule has 0 spiro atoms. The highest BCUT2D eigenvalue weighted by atomic mass is 32.1. The van der Waals surface area contributed by atoms with Gasteiger partial charge in [0.15, 0.2) is 0 Å². The highest BCUT2D eigenvalue weighted by Crippen LogP contribution is 2.22. The number of aromatic nitrogens is 1. The zero-order chi connectivity index (χ0) is 19.4. The van der Waals surface area contributed by atoms with Crippen LogP contribution in [0.25, 0.3) is 0 Å². The molecule has 2 aromatic rings. The van der Waals surface area contributed by atoms with E-state index in [4.69, 9.17) is 0 Å². The third kappa shape index (κ3) is 5.14. The van der Waals surface area contributed by atoms with Crippen molar-refractivity contribution in [1.29, 1.82) is 0 Å². The molecule has 1 fully saturated rings. The zero-order valence-corrected chi connectivity index (χ0v) is 17.2. The molecule has 0 aliphatic carbocycles. The molecule has 0 N–H and O–H groups in total. The van der Waals surface area contributed by atoms with Crippen LogP contribution in [0.15, 0.2) is 24.3 Å². The number of likely N-dealkylation sites (tertiary alicyclic amines) is 1. The van der Waals surface area contributed by atoms with E-state index in [0.717, 1.165) is 66.6 Å². The van der Waals surface area contributed by atoms with Crippen molar-refractivity contribution in [3.8, 4) is 0 Å². The summed E-state index contributed by atoms with van der Waals surface area (Å²) in [5.74, 6) is 0.499. The second-order valence-electron chi connectivity index (χ2n) is 7.46. The minimum atomic E-state index is -0.110. The van der Waals surface area contributed by atoms with Gasteiger partial charge in [-0.15, -0.1) is 11.3 Å². The van der Waals surface area contributed by atoms with Crippen LogP contribution in [0.2, 0.25) is 0 Å². The Morgan fingerprint density at radius 1 is 1.30 bits per heavy atom. The van der Waals surface area contributed by atoms with Crippen molar-refractivity contribution in [2.24, 2.45) is 5.92 Å². The summed E-state index contributed by atoms with van der Waals surface area (Å²) in [5, 5.41) is 0.937. The molecule has 1 aromatic carbocycles. The van der Waals surface area contributed by atoms with Crippen molar-refractivity contribution < 1.29 is 9.18 Å². The summed E-state index contributed by atoms with van der Waals surface area (Å²) in [5.41, 5.74) is 1.62. The quantitative estimate of drug-likeness (QED) is 0.751. The number of nitrogens with zero attached hydrogens (tertiary/aromatic N) is 3. The number of thiazole rings is 1. The lowest BCUT2D eigenvalue weighted by atomic mass is 9.96. The number of amides is 1. The van der Waals surface area contributed by atoms with Gasteiger partial charge in [0, 0.05) is 20.1 Å². The van der Waals surface area contributed by atoms with Crippen LogP contribution in [0, 0.1) is 25.6 Å². The lowest BCUT2D eigenvalue weighted by molar-refractivity contribution is 0.0744. The van der Waals surface area contributed by atoms with Gasteiger partial charge in [0.05, 0.1) is 10.7 Å². The standard InChI is InChI=1S/C21H28FN3OS/c1-15-20(27-16(2)23-15)21(26)24(3)14-17-8-11-25(12-9-17)13-10-18-6-4-5-7-19(18)22/h4-7,17H,8-14H2,1-3H3. The third-order valence-corrected chi connectivity index (χ3v) is 6.40. The Kier molecular flexibility index (Phi) is 6.60. The average molecular weight is 390 g/mol. The van der Waals surface area contributed by atoms with E-state index >= 15 is 0 Å². The summed E-state index contributed by atoms with van der Waals surface area (Å²) in [4.78, 5) is 22.0. The van der Waals surface area contributed by atoms with Gasteiger partial charge in [0.1, 0.15) is 10.7 Å². The minimum Gasteiger partial charge on any atom is -0.341 e. The average Bonchev–Trinajstić information content (AvgIpc) is 2.99. The van der Waals surface area contributed by atoms with Crippen LogP contribution in [-0.2, 0) is 6.42 Å². The van der Waals surface area contributed by atoms with Crippen LogP contribution >= 0.6 is 11.3 Å². The zero-order valence-electron chi connectivity index (χ0n) is 16.4. The SMILES string of the molecule is Cc1nc(C)c(C(=O)N(C)CC2CCN(CCc3ccccc3F)CC2)s1. The first kappa shape index (κ1) is 20.0. The molecular formula is C21H28FN3OS. The van der Waals surface area contributed by atoms with E-state index in [1.54, 1.807) is 6.07 Å². The van der Waals surface area contributed by atoms with Gasteiger partial charge in [0.2, 0.25) is 0 Å². The van der Waals surface area contributed by atoms with E-state index in [2.05, 4.69) is 9.88 Å². The van der Waals surface area contributed by atoms with Crippen LogP contribution in [0.3, 0.4) is 0 Å². The summed E-state index contributed by atoms with van der Waals surface area (Å²) >= 11 is 1.48. The molecule has 27 heavy (non-hydrogen) atoms. The fraction of sp³-hybridized carbons (Fsp3) is 0.524. The Bertz CT molecular complexity index is 783. The number of rotatable bonds is 6. The number of piperidine rings is 1. The molecule has 1 aliphatic rings. The molecule has 0 radical (unpaired) electrons. The molecular weight excluding hydrogens is 361 g/mol. The molecule has 0 bridgehead atoms. The smallest absolute Gasteiger partial charge is 0.265 e. The highest BCUT2D eigenvalue weighted by molar-refractivity contribution is 7.13. The van der Waals surface area contributed by atoms with Gasteiger partial charge in [-0.2, -0.15) is 0 Å². The summed E-state index contributed by atoms with van der Waals surface area (Å²) < 4.78 is 13.7. The Labute approximate surface area is 165 Å². The van der Waals surface area contributed by atoms with Crippen molar-refractivity contribution in [2.45, 2.75) is 33.1 Å². The molecule has 146 valence electrons. The normalized spacial score (nSPS) is 15.9. The molecule has 1 aliphatic heterocycles. The maximum Gasteiger partial charge on any atom is 0.265 e. The first-order chi connectivity index (χ1) is 12.9. The first-order valence-electron chi connectivity index (χ1n) is 9.59. The van der Waals surface area contributed by atoms with Crippen LogP contribution < -0.4 is 0 Å². The molecule has 6 heteroatoms. The van der Waals surface area contributed by atoms with E-state index in [1.807, 2.05) is 37.9 Å². The predicted octanol–water partition coefficient (Wildman–Crippen LogP) is 3.93. The molecule has 1 saturated heterocycles. The first-order valence-corrected chi connectivity index (χ1v) is 10.4. The molecule has 0 atom stereocenters. The Morgan fingerprint density at radius 2 is 2.00 bits per heavy atom. The Morgan fingerprint density at radius 3 is 2.63 bits per heavy atom. The highest BCUT2D eigenvalue weighted by Gasteiger charge is 2.24. The van der Waals surface area contributed by atoms with Crippen molar-refractivity contribution >= 4 is 17.2 Å². The van der Waals surface area contributed by atoms with E-state index in [0.29, 0.717) is 5.92 Å². The van der Waals surface area contributed by atoms with E-state index in [1.165, 1.54) is 17.4 Å². The number of halogens is 1. The van der Waals surface area contributed by atoms with Crippen LogP contribution in [-0.4, -0.2) is 53.9 Å². The van der Waals surface area contributed by atoms with Crippen LogP contribution in [0.4, 0.5) is 4.39 Å². The van der Waals surface area contributed by atoms with Gasteiger partial charge >= 0.3 is 0 Å². The van der Waals surface area contributed by atoms with E-state index in [9.17, 15) is 9.18 Å². The number of benzene rings is 1. The number of carbonyl (C=O) groups excluding carboxylic acids is 1. The second-order valence-corrected chi connectivity index (χ2v) is 8.66. The van der Waals surface area contributed by atoms with Gasteiger partial charge in [-0.05, 0) is 63.7 Å². The topological polar surface area (TPSA) is 36.4 Å². The summed E-state index contributed by atoms with van der Waals surface area (Å²) in [6.07, 6.45) is 2.91. The van der Waals surface area contributed by atoms with Crippen molar-refractivity contribution in [3.63, 3.8) is 0 Å². The van der Waals surface area contributed by atoms with Crippen molar-refractivity contribution in [2.75, 3.05) is 33.2 Å². The summed E-state index contributed by atoms with van der Waals surface area (Å²) in [6.45, 7) is 7.54. The van der Waals surface area contributed by atoms with Gasteiger partial charge in [-0.1, -0.05) is 18.2 Å². The van der Waals surface area contributed by atoms with Crippen LogP contribution in [0.5, 0.6) is 0 Å². The minimum absolute atomic E-state index is 0.0834. The predicted molar refractivity (Wildman–Crippen MR) is 108 cm³/mol. The summed E-state index contributed by atoms with van der Waals surface area (Å²) in [6, 6.07) is 7.02. The lowest BCUT2D eigenvalue weighted by Gasteiger charge is -2.33. The molecule has 3 rings (SSSR count). The lowest BCUT2D eigenvalue weighted by Crippen LogP contribution is -2.40. The number of hydrogen-bond donors (Lipinski definition) is 0. The second kappa shape index (κ2) is 8.93. The third-order valence-electron chi connectivity index (χ3n) is 5.34. The van der Waals surface area contributed by atoms with Gasteiger partial charge in [0.25, 0.3) is 5.91 Å². The monoisotopic (exact) mass is 389 g/mol. The maximum absolute atomic E-state index is 13.7. The number of hydrogen-bond acceptors (Lipinski definition) is 4. The molecule has 1 amide bonds. The molecule has 1 aromatic heterocycles. The Hall–Kier alpha value is -1.79. The van der Waals surface area contributed by atoms with E-state index in [-0.39, 0.29) is 11.7 Å². The number of aryl methyl sites for hydroxylation is 2. The largest absolute Gasteiger partial charge is 0.341 e. The number of carbonyl (C=O) groups is 1. The van der Waals surface area contributed by atoms with Crippen molar-refractivity contribution in [3.05, 3.63) is 51.2 Å². The molecule has 0 unspecified atom stereocenters. The summed E-state index contributed by atoms with van der Waals surface area (Å²) in [7, 11) is 1.89. The van der Waals surface area contributed by atoms with Gasteiger partial charge in [-0.25, -0.2) is 9.37 Å². The fourth-order valence-corrected chi connectivity index (χ4v) is 4.66. The molecule has 4 nitrogen and oxygen atoms in total.